The predicted molar refractivity (Wildman–Crippen MR) is 115 cm³/mol. The van der Waals surface area contributed by atoms with Crippen LogP contribution in [0.5, 0.6) is 0 Å². The van der Waals surface area contributed by atoms with E-state index >= 15 is 0 Å². The molecule has 2 saturated heterocycles. The Labute approximate surface area is 180 Å². The van der Waals surface area contributed by atoms with Crippen LogP contribution < -0.4 is 0 Å². The first-order valence-corrected chi connectivity index (χ1v) is 10.2. The van der Waals surface area contributed by atoms with Crippen LogP contribution in [0.2, 0.25) is 0 Å². The Morgan fingerprint density at radius 2 is 1.20 bits per heavy atom. The summed E-state index contributed by atoms with van der Waals surface area (Å²) in [6.07, 6.45) is 1.03. The van der Waals surface area contributed by atoms with E-state index in [4.69, 9.17) is 28.4 Å². The molecule has 2 rings (SSSR count). The molecule has 0 aliphatic carbocycles. The van der Waals surface area contributed by atoms with Crippen LogP contribution >= 0.6 is 0 Å². The lowest BCUT2D eigenvalue weighted by Gasteiger charge is -2.17. The molecule has 2 atom stereocenters. The zero-order valence-electron chi connectivity index (χ0n) is 18.7. The Morgan fingerprint density at radius 1 is 0.800 bits per heavy atom. The third-order valence-corrected chi connectivity index (χ3v) is 4.27. The highest BCUT2D eigenvalue weighted by Crippen LogP contribution is 2.23. The Hall–Kier alpha value is -1.64. The van der Waals surface area contributed by atoms with Crippen LogP contribution in [0.4, 0.5) is 0 Å². The van der Waals surface area contributed by atoms with Crippen molar-refractivity contribution in [3.05, 3.63) is 24.3 Å². The summed E-state index contributed by atoms with van der Waals surface area (Å²) in [5, 5.41) is 0. The Morgan fingerprint density at radius 3 is 1.53 bits per heavy atom. The van der Waals surface area contributed by atoms with Crippen LogP contribution in [0.3, 0.4) is 0 Å². The van der Waals surface area contributed by atoms with E-state index in [0.717, 1.165) is 11.1 Å². The fourth-order valence-corrected chi connectivity index (χ4v) is 2.89. The maximum atomic E-state index is 5.68. The van der Waals surface area contributed by atoms with Gasteiger partial charge in [-0.05, 0) is 50.7 Å². The molecular formula is C24H34O6. The third kappa shape index (κ3) is 9.91. The summed E-state index contributed by atoms with van der Waals surface area (Å²) in [6.45, 7) is 18.5. The molecule has 0 aromatic rings. The summed E-state index contributed by atoms with van der Waals surface area (Å²) >= 11 is 0. The van der Waals surface area contributed by atoms with Crippen LogP contribution in [0.25, 0.3) is 0 Å². The van der Waals surface area contributed by atoms with Crippen molar-refractivity contribution >= 4 is 0 Å². The Kier molecular flexibility index (Phi) is 9.58. The number of hydrogen-bond acceptors (Lipinski definition) is 6. The molecule has 0 aromatic heterocycles. The summed E-state index contributed by atoms with van der Waals surface area (Å²) in [5.41, 5.74) is 1.81. The third-order valence-electron chi connectivity index (χ3n) is 4.27. The van der Waals surface area contributed by atoms with Crippen LogP contribution in [0, 0.1) is 23.7 Å². The molecule has 0 bridgehead atoms. The van der Waals surface area contributed by atoms with Crippen molar-refractivity contribution in [3.8, 4) is 23.7 Å². The van der Waals surface area contributed by atoms with E-state index in [-0.39, 0.29) is 12.2 Å². The fourth-order valence-electron chi connectivity index (χ4n) is 2.89. The van der Waals surface area contributed by atoms with Gasteiger partial charge in [0.1, 0.15) is 12.2 Å². The van der Waals surface area contributed by atoms with Crippen LogP contribution in [-0.4, -0.2) is 63.4 Å². The van der Waals surface area contributed by atoms with E-state index < -0.39 is 11.6 Å². The van der Waals surface area contributed by atoms with Gasteiger partial charge >= 0.3 is 0 Å². The molecule has 2 aliphatic heterocycles. The zero-order valence-corrected chi connectivity index (χ0v) is 18.7. The van der Waals surface area contributed by atoms with Gasteiger partial charge in [-0.3, -0.25) is 0 Å². The van der Waals surface area contributed by atoms with Gasteiger partial charge in [0.15, 0.2) is 11.6 Å². The second kappa shape index (κ2) is 11.7. The van der Waals surface area contributed by atoms with Crippen molar-refractivity contribution in [2.24, 2.45) is 0 Å². The minimum atomic E-state index is -0.525. The molecule has 0 spiro atoms. The molecule has 0 saturated carbocycles. The highest BCUT2D eigenvalue weighted by atomic mass is 16.8. The van der Waals surface area contributed by atoms with E-state index in [1.54, 1.807) is 0 Å². The lowest BCUT2D eigenvalue weighted by molar-refractivity contribution is -0.145. The minimum Gasteiger partial charge on any atom is -0.374 e. The lowest BCUT2D eigenvalue weighted by atomic mass is 10.2. The van der Waals surface area contributed by atoms with E-state index in [9.17, 15) is 0 Å². The van der Waals surface area contributed by atoms with Gasteiger partial charge in [0, 0.05) is 12.8 Å². The molecule has 0 aromatic carbocycles. The van der Waals surface area contributed by atoms with Gasteiger partial charge in [0.25, 0.3) is 0 Å². The van der Waals surface area contributed by atoms with E-state index in [2.05, 4.69) is 36.8 Å². The molecule has 0 radical (unpaired) electrons. The largest absolute Gasteiger partial charge is 0.374 e. The smallest absolute Gasteiger partial charge is 0.163 e. The van der Waals surface area contributed by atoms with E-state index in [0.29, 0.717) is 52.5 Å². The topological polar surface area (TPSA) is 55.4 Å². The quantitative estimate of drug-likeness (QED) is 0.401. The molecule has 30 heavy (non-hydrogen) atoms. The van der Waals surface area contributed by atoms with Crippen molar-refractivity contribution < 1.29 is 28.4 Å². The first kappa shape index (κ1) is 24.6. The van der Waals surface area contributed by atoms with Gasteiger partial charge in [-0.25, -0.2) is 0 Å². The van der Waals surface area contributed by atoms with Crippen molar-refractivity contribution in [1.29, 1.82) is 0 Å². The monoisotopic (exact) mass is 418 g/mol. The fraction of sp³-hybridized carbons (Fsp3) is 0.667. The maximum Gasteiger partial charge on any atom is 0.163 e. The molecule has 2 fully saturated rings. The summed E-state index contributed by atoms with van der Waals surface area (Å²) < 4.78 is 33.6. The van der Waals surface area contributed by atoms with Crippen molar-refractivity contribution in [3.63, 3.8) is 0 Å². The van der Waals surface area contributed by atoms with E-state index in [1.807, 2.05) is 27.7 Å². The zero-order chi connectivity index (χ0) is 22.0. The average molecular weight is 419 g/mol. The van der Waals surface area contributed by atoms with Crippen LogP contribution in [-0.2, 0) is 28.4 Å². The Bertz CT molecular complexity index is 653. The molecule has 2 heterocycles. The van der Waals surface area contributed by atoms with Crippen LogP contribution in [0.15, 0.2) is 24.3 Å². The minimum absolute atomic E-state index is 0.0345. The second-order valence-electron chi connectivity index (χ2n) is 8.39. The van der Waals surface area contributed by atoms with Gasteiger partial charge < -0.3 is 28.4 Å². The van der Waals surface area contributed by atoms with Gasteiger partial charge in [-0.2, -0.15) is 0 Å². The first-order valence-electron chi connectivity index (χ1n) is 10.2. The highest BCUT2D eigenvalue weighted by molar-refractivity contribution is 5.29. The first-order chi connectivity index (χ1) is 14.2. The molecular weight excluding hydrogens is 384 g/mol. The summed E-state index contributed by atoms with van der Waals surface area (Å²) in [7, 11) is 0. The standard InChI is InChI=1S/C24H34O6/c1-19(13-25-15-21-17-27-23(3,4)29-21)11-9-7-8-10-12-20(2)14-26-16-22-18-28-24(5,6)30-22/h21-22H,1-2,11-18H2,3-6H3/t21-,22-/m1/s1. The SMILES string of the molecule is C=C(CC#CC#CCC(=C)COC[C@@H]1COC(C)(C)O1)COC[C@@H]1COC(C)(C)O1. The number of ether oxygens (including phenoxy) is 6. The second-order valence-corrected chi connectivity index (χ2v) is 8.39. The summed E-state index contributed by atoms with van der Waals surface area (Å²) in [4.78, 5) is 0. The van der Waals surface area contributed by atoms with Gasteiger partial charge in [0.2, 0.25) is 0 Å². The number of hydrogen-bond donors (Lipinski definition) is 0. The average Bonchev–Trinajstić information content (AvgIpc) is 3.18. The van der Waals surface area contributed by atoms with Crippen molar-refractivity contribution in [1.82, 2.24) is 0 Å². The van der Waals surface area contributed by atoms with Crippen molar-refractivity contribution in [2.45, 2.75) is 64.3 Å². The molecule has 2 aliphatic rings. The molecule has 0 amide bonds. The number of rotatable bonds is 10. The highest BCUT2D eigenvalue weighted by Gasteiger charge is 2.33. The predicted octanol–water partition coefficient (Wildman–Crippen LogP) is 3.22. The normalized spacial score (nSPS) is 23.9. The van der Waals surface area contributed by atoms with E-state index in [1.165, 1.54) is 0 Å². The van der Waals surface area contributed by atoms with Crippen molar-refractivity contribution in [2.75, 3.05) is 39.6 Å². The van der Waals surface area contributed by atoms with Gasteiger partial charge in [-0.1, -0.05) is 25.0 Å². The molecule has 166 valence electrons. The summed E-state index contributed by atoms with van der Waals surface area (Å²) in [5.74, 6) is 10.6. The maximum absolute atomic E-state index is 5.68. The molecule has 6 heteroatoms. The Balaban J connectivity index is 1.50. The van der Waals surface area contributed by atoms with Gasteiger partial charge in [-0.15, -0.1) is 0 Å². The van der Waals surface area contributed by atoms with Crippen LogP contribution in [0.1, 0.15) is 40.5 Å². The summed E-state index contributed by atoms with van der Waals surface area (Å²) in [6, 6.07) is 0. The molecule has 6 nitrogen and oxygen atoms in total. The molecule has 0 N–H and O–H groups in total. The molecule has 0 unspecified atom stereocenters. The van der Waals surface area contributed by atoms with Gasteiger partial charge in [0.05, 0.1) is 39.6 Å². The lowest BCUT2D eigenvalue weighted by Crippen LogP contribution is -2.24.